The van der Waals surface area contributed by atoms with Crippen molar-refractivity contribution in [3.05, 3.63) is 29.3 Å². The summed E-state index contributed by atoms with van der Waals surface area (Å²) in [6.07, 6.45) is 0.612. The molecule has 1 N–H and O–H groups in total. The molecular formula is C21H29N3O3. The molecule has 1 aromatic rings. The van der Waals surface area contributed by atoms with E-state index < -0.39 is 0 Å². The molecule has 2 fully saturated rings. The Balaban J connectivity index is 1.59. The van der Waals surface area contributed by atoms with Crippen LogP contribution in [-0.2, 0) is 14.4 Å². The molecule has 2 atom stereocenters. The van der Waals surface area contributed by atoms with E-state index >= 15 is 0 Å². The van der Waals surface area contributed by atoms with Crippen molar-refractivity contribution >= 4 is 23.4 Å². The smallest absolute Gasteiger partial charge is 0.228 e. The van der Waals surface area contributed by atoms with E-state index in [-0.39, 0.29) is 29.6 Å². The van der Waals surface area contributed by atoms with Gasteiger partial charge in [0.1, 0.15) is 0 Å². The lowest BCUT2D eigenvalue weighted by Gasteiger charge is -2.34. The lowest BCUT2D eigenvalue weighted by Crippen LogP contribution is -2.50. The number of para-hydroxylation sites is 1. The van der Waals surface area contributed by atoms with E-state index in [1.807, 2.05) is 25.1 Å². The van der Waals surface area contributed by atoms with Crippen LogP contribution in [0.5, 0.6) is 0 Å². The number of hydrogen-bond acceptors (Lipinski definition) is 3. The summed E-state index contributed by atoms with van der Waals surface area (Å²) < 4.78 is 0. The van der Waals surface area contributed by atoms with Gasteiger partial charge in [-0.2, -0.15) is 0 Å². The number of nitrogens with zero attached hydrogens (tertiary/aromatic N) is 2. The zero-order valence-corrected chi connectivity index (χ0v) is 16.6. The van der Waals surface area contributed by atoms with Crippen molar-refractivity contribution in [1.29, 1.82) is 0 Å². The first-order valence-corrected chi connectivity index (χ1v) is 9.74. The van der Waals surface area contributed by atoms with Crippen molar-refractivity contribution in [3.63, 3.8) is 0 Å². The number of benzene rings is 1. The Kier molecular flexibility index (Phi) is 5.53. The van der Waals surface area contributed by atoms with Crippen molar-refractivity contribution in [1.82, 2.24) is 9.80 Å². The Labute approximate surface area is 160 Å². The van der Waals surface area contributed by atoms with Crippen molar-refractivity contribution in [3.8, 4) is 0 Å². The molecule has 3 amide bonds. The third-order valence-corrected chi connectivity index (χ3v) is 5.66. The number of rotatable bonds is 4. The molecule has 2 unspecified atom stereocenters. The largest absolute Gasteiger partial charge is 0.339 e. The molecule has 1 aromatic carbocycles. The van der Waals surface area contributed by atoms with Crippen LogP contribution in [0.2, 0.25) is 0 Å². The lowest BCUT2D eigenvalue weighted by molar-refractivity contribution is -0.139. The predicted molar refractivity (Wildman–Crippen MR) is 104 cm³/mol. The highest BCUT2D eigenvalue weighted by Crippen LogP contribution is 2.41. The Hall–Kier alpha value is -2.37. The van der Waals surface area contributed by atoms with Gasteiger partial charge in [0.05, 0.1) is 11.8 Å². The summed E-state index contributed by atoms with van der Waals surface area (Å²) in [7, 11) is 0. The van der Waals surface area contributed by atoms with Crippen molar-refractivity contribution in [2.45, 2.75) is 40.0 Å². The maximum Gasteiger partial charge on any atom is 0.228 e. The Morgan fingerprint density at radius 2 is 1.67 bits per heavy atom. The maximum absolute atomic E-state index is 12.7. The van der Waals surface area contributed by atoms with Crippen molar-refractivity contribution < 1.29 is 14.4 Å². The number of aryl methyl sites for hydroxylation is 1. The third-order valence-electron chi connectivity index (χ3n) is 5.66. The number of carbonyl (C=O) groups excluding carboxylic acids is 3. The molecule has 1 heterocycles. The van der Waals surface area contributed by atoms with Crippen LogP contribution in [0.4, 0.5) is 5.69 Å². The van der Waals surface area contributed by atoms with Gasteiger partial charge >= 0.3 is 0 Å². The molecule has 1 aliphatic carbocycles. The minimum atomic E-state index is -0.247. The van der Waals surface area contributed by atoms with E-state index in [2.05, 4.69) is 19.2 Å². The van der Waals surface area contributed by atoms with E-state index in [4.69, 9.17) is 0 Å². The molecule has 1 saturated carbocycles. The topological polar surface area (TPSA) is 69.7 Å². The number of piperazine rings is 1. The fourth-order valence-corrected chi connectivity index (χ4v) is 3.79. The standard InChI is InChI=1S/C21H29N3O3/c1-13(2)16-7-5-6-14(3)19(16)22-20(26)17-12-18(17)21(27)24-10-8-23(9-11-24)15(4)25/h5-7,13,17-18H,8-12H2,1-4H3,(H,22,26). The first-order valence-electron chi connectivity index (χ1n) is 9.74. The molecule has 6 heteroatoms. The van der Waals surface area contributed by atoms with E-state index in [1.54, 1.807) is 16.7 Å². The van der Waals surface area contributed by atoms with Gasteiger partial charge in [0, 0.05) is 38.8 Å². The lowest BCUT2D eigenvalue weighted by atomic mass is 9.98. The molecule has 27 heavy (non-hydrogen) atoms. The van der Waals surface area contributed by atoms with Gasteiger partial charge in [-0.05, 0) is 30.4 Å². The zero-order chi connectivity index (χ0) is 19.7. The number of amides is 3. The molecule has 0 spiro atoms. The molecule has 0 bridgehead atoms. The van der Waals surface area contributed by atoms with Crippen LogP contribution in [0.1, 0.15) is 44.2 Å². The average Bonchev–Trinajstić information content (AvgIpc) is 3.43. The monoisotopic (exact) mass is 371 g/mol. The summed E-state index contributed by atoms with van der Waals surface area (Å²) in [5, 5.41) is 3.07. The predicted octanol–water partition coefficient (Wildman–Crippen LogP) is 2.38. The van der Waals surface area contributed by atoms with Gasteiger partial charge < -0.3 is 15.1 Å². The number of carbonyl (C=O) groups is 3. The van der Waals surface area contributed by atoms with Crippen LogP contribution in [0.15, 0.2) is 18.2 Å². The van der Waals surface area contributed by atoms with Crippen molar-refractivity contribution in [2.24, 2.45) is 11.8 Å². The molecule has 2 aliphatic rings. The van der Waals surface area contributed by atoms with E-state index in [0.717, 1.165) is 16.8 Å². The number of nitrogens with one attached hydrogen (secondary N) is 1. The summed E-state index contributed by atoms with van der Waals surface area (Å²) in [5.41, 5.74) is 3.04. The van der Waals surface area contributed by atoms with Crippen LogP contribution >= 0.6 is 0 Å². The second-order valence-corrected chi connectivity index (χ2v) is 7.96. The molecule has 3 rings (SSSR count). The molecule has 146 valence electrons. The van der Waals surface area contributed by atoms with Crippen LogP contribution in [0, 0.1) is 18.8 Å². The molecular weight excluding hydrogens is 342 g/mol. The van der Waals surface area contributed by atoms with Gasteiger partial charge in [-0.25, -0.2) is 0 Å². The normalized spacial score (nSPS) is 22.0. The summed E-state index contributed by atoms with van der Waals surface area (Å²) in [6, 6.07) is 6.04. The highest BCUT2D eigenvalue weighted by Gasteiger charge is 2.50. The van der Waals surface area contributed by atoms with Crippen LogP contribution in [0.25, 0.3) is 0 Å². The first-order chi connectivity index (χ1) is 12.8. The fourth-order valence-electron chi connectivity index (χ4n) is 3.79. The van der Waals surface area contributed by atoms with Gasteiger partial charge in [-0.3, -0.25) is 14.4 Å². The van der Waals surface area contributed by atoms with Crippen LogP contribution < -0.4 is 5.32 Å². The van der Waals surface area contributed by atoms with Gasteiger partial charge in [0.2, 0.25) is 17.7 Å². The maximum atomic E-state index is 12.7. The van der Waals surface area contributed by atoms with E-state index in [1.165, 1.54) is 0 Å². The number of anilines is 1. The van der Waals surface area contributed by atoms with Gasteiger partial charge in [0.15, 0.2) is 0 Å². The summed E-state index contributed by atoms with van der Waals surface area (Å²) in [4.78, 5) is 40.4. The summed E-state index contributed by atoms with van der Waals surface area (Å²) in [6.45, 7) is 10.0. The molecule has 1 aliphatic heterocycles. The fraction of sp³-hybridized carbons (Fsp3) is 0.571. The minimum absolute atomic E-state index is 0.0463. The SMILES string of the molecule is CC(=O)N1CCN(C(=O)C2CC2C(=O)Nc2c(C)cccc2C(C)C)CC1. The van der Waals surface area contributed by atoms with Gasteiger partial charge in [0.25, 0.3) is 0 Å². The summed E-state index contributed by atoms with van der Waals surface area (Å²) >= 11 is 0. The van der Waals surface area contributed by atoms with Gasteiger partial charge in [-0.15, -0.1) is 0 Å². The Morgan fingerprint density at radius 1 is 1.04 bits per heavy atom. The van der Waals surface area contributed by atoms with E-state index in [9.17, 15) is 14.4 Å². The molecule has 1 saturated heterocycles. The first kappa shape index (κ1) is 19.4. The minimum Gasteiger partial charge on any atom is -0.339 e. The van der Waals surface area contributed by atoms with Crippen molar-refractivity contribution in [2.75, 3.05) is 31.5 Å². The zero-order valence-electron chi connectivity index (χ0n) is 16.6. The second kappa shape index (κ2) is 7.71. The molecule has 0 aromatic heterocycles. The quantitative estimate of drug-likeness (QED) is 0.883. The van der Waals surface area contributed by atoms with Crippen LogP contribution in [-0.4, -0.2) is 53.7 Å². The average molecular weight is 371 g/mol. The summed E-state index contributed by atoms with van der Waals surface area (Å²) in [5.74, 6) is -0.123. The second-order valence-electron chi connectivity index (χ2n) is 7.96. The number of hydrogen-bond donors (Lipinski definition) is 1. The Bertz CT molecular complexity index is 751. The van der Waals surface area contributed by atoms with E-state index in [0.29, 0.717) is 38.5 Å². The van der Waals surface area contributed by atoms with Gasteiger partial charge in [-0.1, -0.05) is 32.0 Å². The van der Waals surface area contributed by atoms with Crippen LogP contribution in [0.3, 0.4) is 0 Å². The molecule has 6 nitrogen and oxygen atoms in total. The third kappa shape index (κ3) is 4.15. The Morgan fingerprint density at radius 3 is 2.26 bits per heavy atom. The highest BCUT2D eigenvalue weighted by atomic mass is 16.2. The molecule has 0 radical (unpaired) electrons. The highest BCUT2D eigenvalue weighted by molar-refractivity contribution is 6.00.